The Labute approximate surface area is 210 Å². The highest BCUT2D eigenvalue weighted by molar-refractivity contribution is 6.51. The van der Waals surface area contributed by atoms with Crippen LogP contribution in [0.3, 0.4) is 0 Å². The minimum absolute atomic E-state index is 0.0170. The maximum atomic E-state index is 13.3. The van der Waals surface area contributed by atoms with Crippen LogP contribution in [0.1, 0.15) is 37.9 Å². The van der Waals surface area contributed by atoms with Crippen LogP contribution in [0.4, 0.5) is 5.69 Å². The van der Waals surface area contributed by atoms with Gasteiger partial charge in [-0.1, -0.05) is 26.0 Å². The molecule has 1 unspecified atom stereocenters. The highest BCUT2D eigenvalue weighted by atomic mass is 16.5. The third-order valence-electron chi connectivity index (χ3n) is 5.77. The third-order valence-corrected chi connectivity index (χ3v) is 5.77. The number of ketones is 1. The third kappa shape index (κ3) is 5.05. The van der Waals surface area contributed by atoms with Crippen molar-refractivity contribution in [2.75, 3.05) is 18.1 Å². The standard InChI is InChI=1S/C29H29NO6/c1-4-35-23-12-8-19(9-13-23)27(32)25-26(20-6-5-7-22(31)16-20)30(29(34)28(25)33)21-10-14-24(15-11-21)36-17-18(2)3/h5-16,18,26,31-32H,4,17H2,1-3H3/b27-25-. The van der Waals surface area contributed by atoms with Gasteiger partial charge in [-0.05, 0) is 79.1 Å². The molecule has 0 bridgehead atoms. The molecule has 0 spiro atoms. The molecule has 3 aromatic rings. The van der Waals surface area contributed by atoms with Crippen LogP contribution in [0.2, 0.25) is 0 Å². The maximum Gasteiger partial charge on any atom is 0.300 e. The summed E-state index contributed by atoms with van der Waals surface area (Å²) in [5, 5.41) is 21.3. The number of Topliss-reactive ketones (excluding diaryl/α,β-unsaturated/α-hetero) is 1. The van der Waals surface area contributed by atoms with Gasteiger partial charge in [-0.2, -0.15) is 0 Å². The van der Waals surface area contributed by atoms with E-state index in [2.05, 4.69) is 0 Å². The molecule has 186 valence electrons. The first-order valence-corrected chi connectivity index (χ1v) is 11.9. The quantitative estimate of drug-likeness (QED) is 0.249. The number of hydrogen-bond donors (Lipinski definition) is 2. The second kappa shape index (κ2) is 10.6. The fraction of sp³-hybridized carbons (Fsp3) is 0.241. The molecule has 4 rings (SSSR count). The minimum atomic E-state index is -0.939. The summed E-state index contributed by atoms with van der Waals surface area (Å²) in [7, 11) is 0. The SMILES string of the molecule is CCOc1ccc(/C(O)=C2/C(=O)C(=O)N(c3ccc(OCC(C)C)cc3)C2c2cccc(O)c2)cc1. The predicted molar refractivity (Wildman–Crippen MR) is 137 cm³/mol. The topological polar surface area (TPSA) is 96.3 Å². The predicted octanol–water partition coefficient (Wildman–Crippen LogP) is 5.45. The smallest absolute Gasteiger partial charge is 0.300 e. The van der Waals surface area contributed by atoms with Crippen molar-refractivity contribution in [3.63, 3.8) is 0 Å². The minimum Gasteiger partial charge on any atom is -0.508 e. The first-order valence-electron chi connectivity index (χ1n) is 11.9. The number of carbonyl (C=O) groups is 2. The lowest BCUT2D eigenvalue weighted by Crippen LogP contribution is -2.29. The highest BCUT2D eigenvalue weighted by Crippen LogP contribution is 2.43. The normalized spacial score (nSPS) is 17.0. The Kier molecular flexibility index (Phi) is 7.29. The van der Waals surface area contributed by atoms with E-state index in [-0.39, 0.29) is 17.1 Å². The summed E-state index contributed by atoms with van der Waals surface area (Å²) in [6.45, 7) is 7.01. The van der Waals surface area contributed by atoms with Crippen molar-refractivity contribution in [2.45, 2.75) is 26.8 Å². The molecule has 0 aromatic heterocycles. The number of aliphatic hydroxyl groups is 1. The Hall–Kier alpha value is -4.26. The summed E-state index contributed by atoms with van der Waals surface area (Å²) in [6, 6.07) is 18.9. The number of aliphatic hydroxyl groups excluding tert-OH is 1. The van der Waals surface area contributed by atoms with Gasteiger partial charge in [-0.3, -0.25) is 14.5 Å². The van der Waals surface area contributed by atoms with E-state index >= 15 is 0 Å². The van der Waals surface area contributed by atoms with Crippen molar-refractivity contribution in [2.24, 2.45) is 5.92 Å². The second-order valence-corrected chi connectivity index (χ2v) is 8.92. The molecule has 3 aromatic carbocycles. The number of amides is 1. The lowest BCUT2D eigenvalue weighted by molar-refractivity contribution is -0.132. The van der Waals surface area contributed by atoms with Crippen LogP contribution in [-0.2, 0) is 9.59 Å². The molecule has 1 aliphatic heterocycles. The molecule has 0 aliphatic carbocycles. The Balaban J connectivity index is 1.80. The Morgan fingerprint density at radius 1 is 0.944 bits per heavy atom. The average Bonchev–Trinajstić information content (AvgIpc) is 3.13. The number of aromatic hydroxyl groups is 1. The Morgan fingerprint density at radius 2 is 1.58 bits per heavy atom. The van der Waals surface area contributed by atoms with E-state index in [1.807, 2.05) is 20.8 Å². The molecule has 1 fully saturated rings. The van der Waals surface area contributed by atoms with E-state index < -0.39 is 17.7 Å². The molecular formula is C29H29NO6. The first kappa shape index (κ1) is 24.9. The first-order chi connectivity index (χ1) is 17.3. The van der Waals surface area contributed by atoms with Crippen LogP contribution in [0.25, 0.3) is 5.76 Å². The van der Waals surface area contributed by atoms with Gasteiger partial charge >= 0.3 is 0 Å². The zero-order valence-electron chi connectivity index (χ0n) is 20.5. The molecule has 1 amide bonds. The molecule has 1 saturated heterocycles. The van der Waals surface area contributed by atoms with Gasteiger partial charge < -0.3 is 19.7 Å². The highest BCUT2D eigenvalue weighted by Gasteiger charge is 2.47. The summed E-state index contributed by atoms with van der Waals surface area (Å²) < 4.78 is 11.2. The number of phenols is 1. The van der Waals surface area contributed by atoms with Gasteiger partial charge in [0, 0.05) is 11.3 Å². The van der Waals surface area contributed by atoms with Crippen molar-refractivity contribution in [1.82, 2.24) is 0 Å². The average molecular weight is 488 g/mol. The number of benzene rings is 3. The van der Waals surface area contributed by atoms with Crippen LogP contribution < -0.4 is 14.4 Å². The van der Waals surface area contributed by atoms with E-state index in [1.54, 1.807) is 60.7 Å². The van der Waals surface area contributed by atoms with Gasteiger partial charge in [-0.15, -0.1) is 0 Å². The van der Waals surface area contributed by atoms with Gasteiger partial charge in [-0.25, -0.2) is 0 Å². The van der Waals surface area contributed by atoms with E-state index in [4.69, 9.17) is 9.47 Å². The zero-order chi connectivity index (χ0) is 25.8. The van der Waals surface area contributed by atoms with Crippen molar-refractivity contribution in [3.8, 4) is 17.2 Å². The second-order valence-electron chi connectivity index (χ2n) is 8.92. The van der Waals surface area contributed by atoms with Crippen molar-refractivity contribution < 1.29 is 29.3 Å². The Morgan fingerprint density at radius 3 is 2.19 bits per heavy atom. The van der Waals surface area contributed by atoms with E-state index in [0.717, 1.165) is 0 Å². The molecule has 7 heteroatoms. The number of phenolic OH excluding ortho intramolecular Hbond substituents is 1. The zero-order valence-corrected chi connectivity index (χ0v) is 20.5. The lowest BCUT2D eigenvalue weighted by atomic mass is 9.95. The van der Waals surface area contributed by atoms with Gasteiger partial charge in [0.2, 0.25) is 0 Å². The van der Waals surface area contributed by atoms with Crippen molar-refractivity contribution in [1.29, 1.82) is 0 Å². The van der Waals surface area contributed by atoms with Gasteiger partial charge in [0.1, 0.15) is 23.0 Å². The lowest BCUT2D eigenvalue weighted by Gasteiger charge is -2.25. The number of nitrogens with zero attached hydrogens (tertiary/aromatic N) is 1. The van der Waals surface area contributed by atoms with Crippen LogP contribution in [-0.4, -0.2) is 35.1 Å². The molecule has 0 radical (unpaired) electrons. The molecular weight excluding hydrogens is 458 g/mol. The summed E-state index contributed by atoms with van der Waals surface area (Å²) >= 11 is 0. The molecule has 7 nitrogen and oxygen atoms in total. The molecule has 1 atom stereocenters. The summed E-state index contributed by atoms with van der Waals surface area (Å²) in [5.41, 5.74) is 1.27. The molecule has 1 heterocycles. The van der Waals surface area contributed by atoms with E-state index in [1.165, 1.54) is 17.0 Å². The molecule has 2 N–H and O–H groups in total. The summed E-state index contributed by atoms with van der Waals surface area (Å²) in [6.07, 6.45) is 0. The van der Waals surface area contributed by atoms with Crippen LogP contribution >= 0.6 is 0 Å². The van der Waals surface area contributed by atoms with Crippen LogP contribution in [0.5, 0.6) is 17.2 Å². The number of ether oxygens (including phenoxy) is 2. The number of rotatable bonds is 8. The monoisotopic (exact) mass is 487 g/mol. The van der Waals surface area contributed by atoms with Crippen LogP contribution in [0, 0.1) is 5.92 Å². The van der Waals surface area contributed by atoms with Gasteiger partial charge in [0.25, 0.3) is 11.7 Å². The van der Waals surface area contributed by atoms with Crippen LogP contribution in [0.15, 0.2) is 78.4 Å². The molecule has 1 aliphatic rings. The Bertz CT molecular complexity index is 1280. The van der Waals surface area contributed by atoms with E-state index in [0.29, 0.717) is 47.4 Å². The van der Waals surface area contributed by atoms with Gasteiger partial charge in [0.15, 0.2) is 0 Å². The number of hydrogen-bond acceptors (Lipinski definition) is 6. The summed E-state index contributed by atoms with van der Waals surface area (Å²) in [5.74, 6) is -0.274. The fourth-order valence-corrected chi connectivity index (χ4v) is 4.11. The molecule has 36 heavy (non-hydrogen) atoms. The van der Waals surface area contributed by atoms with E-state index in [9.17, 15) is 19.8 Å². The number of anilines is 1. The summed E-state index contributed by atoms with van der Waals surface area (Å²) in [4.78, 5) is 27.9. The fourth-order valence-electron chi connectivity index (χ4n) is 4.11. The molecule has 0 saturated carbocycles. The van der Waals surface area contributed by atoms with Gasteiger partial charge in [0.05, 0.1) is 24.8 Å². The number of carbonyl (C=O) groups excluding carboxylic acids is 2. The largest absolute Gasteiger partial charge is 0.508 e. The van der Waals surface area contributed by atoms with Crippen molar-refractivity contribution in [3.05, 3.63) is 89.5 Å². The van der Waals surface area contributed by atoms with Crippen molar-refractivity contribution >= 4 is 23.1 Å². The maximum absolute atomic E-state index is 13.3.